The van der Waals surface area contributed by atoms with Crippen molar-refractivity contribution in [3.8, 4) is 17.2 Å². The highest BCUT2D eigenvalue weighted by Crippen LogP contribution is 2.38. The lowest BCUT2D eigenvalue weighted by molar-refractivity contribution is 0.429. The van der Waals surface area contributed by atoms with Crippen LogP contribution in [-0.4, -0.2) is 33.6 Å². The highest BCUT2D eigenvalue weighted by molar-refractivity contribution is 7.91. The fraction of sp³-hybridized carbons (Fsp3) is 0.182. The van der Waals surface area contributed by atoms with Gasteiger partial charge in [0.05, 0.1) is 9.79 Å². The third-order valence-corrected chi connectivity index (χ3v) is 6.58. The SMILES string of the molecule is CC(C)(C)c1cc(O)cc(-n2nc3ccc(S(=O)(=O)c4ccccc4)cc3n2)c1O. The van der Waals surface area contributed by atoms with Crippen LogP contribution in [0, 0.1) is 0 Å². The van der Waals surface area contributed by atoms with Gasteiger partial charge in [-0.25, -0.2) is 8.42 Å². The van der Waals surface area contributed by atoms with Crippen molar-refractivity contribution >= 4 is 20.9 Å². The van der Waals surface area contributed by atoms with Gasteiger partial charge in [0.2, 0.25) is 9.84 Å². The number of sulfone groups is 1. The Kier molecular flexibility index (Phi) is 4.54. The predicted molar refractivity (Wildman–Crippen MR) is 113 cm³/mol. The molecule has 7 nitrogen and oxygen atoms in total. The summed E-state index contributed by atoms with van der Waals surface area (Å²) in [5.74, 6) is -0.0702. The van der Waals surface area contributed by atoms with E-state index in [1.165, 1.54) is 41.2 Å². The van der Waals surface area contributed by atoms with Gasteiger partial charge in [0.15, 0.2) is 0 Å². The lowest BCUT2D eigenvalue weighted by atomic mass is 9.86. The fourth-order valence-electron chi connectivity index (χ4n) is 3.23. The van der Waals surface area contributed by atoms with E-state index in [4.69, 9.17) is 0 Å². The summed E-state index contributed by atoms with van der Waals surface area (Å²) in [6, 6.07) is 15.5. The molecule has 154 valence electrons. The van der Waals surface area contributed by atoms with E-state index in [0.29, 0.717) is 16.6 Å². The zero-order valence-corrected chi connectivity index (χ0v) is 17.6. The van der Waals surface area contributed by atoms with Crippen LogP contribution in [0.2, 0.25) is 0 Å². The van der Waals surface area contributed by atoms with Crippen LogP contribution in [0.1, 0.15) is 26.3 Å². The summed E-state index contributed by atoms with van der Waals surface area (Å²) in [7, 11) is -3.69. The molecule has 0 bridgehead atoms. The van der Waals surface area contributed by atoms with Crippen molar-refractivity contribution in [3.05, 3.63) is 66.2 Å². The van der Waals surface area contributed by atoms with Gasteiger partial charge in [0, 0.05) is 11.6 Å². The Labute approximate surface area is 174 Å². The number of phenols is 2. The normalized spacial score (nSPS) is 12.4. The summed E-state index contributed by atoms with van der Waals surface area (Å²) in [5, 5.41) is 29.6. The monoisotopic (exact) mass is 423 g/mol. The predicted octanol–water partition coefficient (Wildman–Crippen LogP) is 3.96. The van der Waals surface area contributed by atoms with Crippen molar-refractivity contribution in [2.75, 3.05) is 0 Å². The molecule has 4 aromatic rings. The Morgan fingerprint density at radius 2 is 1.50 bits per heavy atom. The summed E-state index contributed by atoms with van der Waals surface area (Å²) >= 11 is 0. The van der Waals surface area contributed by atoms with Crippen molar-refractivity contribution in [2.45, 2.75) is 36.0 Å². The van der Waals surface area contributed by atoms with E-state index in [2.05, 4.69) is 10.2 Å². The third kappa shape index (κ3) is 3.39. The van der Waals surface area contributed by atoms with Crippen LogP contribution in [0.25, 0.3) is 16.7 Å². The van der Waals surface area contributed by atoms with E-state index in [0.717, 1.165) is 0 Å². The smallest absolute Gasteiger partial charge is 0.206 e. The molecule has 0 aliphatic carbocycles. The first-order valence-electron chi connectivity index (χ1n) is 9.31. The molecule has 0 saturated heterocycles. The molecule has 2 N–H and O–H groups in total. The van der Waals surface area contributed by atoms with Gasteiger partial charge in [-0.1, -0.05) is 39.0 Å². The van der Waals surface area contributed by atoms with Gasteiger partial charge in [-0.05, 0) is 41.8 Å². The van der Waals surface area contributed by atoms with Gasteiger partial charge < -0.3 is 10.2 Å². The number of nitrogens with zero attached hydrogens (tertiary/aromatic N) is 3. The Balaban J connectivity index is 1.84. The van der Waals surface area contributed by atoms with Crippen molar-refractivity contribution in [1.82, 2.24) is 15.0 Å². The second-order valence-corrected chi connectivity index (χ2v) is 10.0. The highest BCUT2D eigenvalue weighted by atomic mass is 32.2. The molecule has 0 spiro atoms. The Morgan fingerprint density at radius 1 is 0.833 bits per heavy atom. The van der Waals surface area contributed by atoms with E-state index in [9.17, 15) is 18.6 Å². The van der Waals surface area contributed by atoms with Gasteiger partial charge in [-0.2, -0.15) is 0 Å². The molecular formula is C22H21N3O4S. The first-order chi connectivity index (χ1) is 14.1. The zero-order chi connectivity index (χ0) is 21.7. The van der Waals surface area contributed by atoms with Gasteiger partial charge >= 0.3 is 0 Å². The molecular weight excluding hydrogens is 402 g/mol. The van der Waals surface area contributed by atoms with Crippen LogP contribution in [0.4, 0.5) is 0 Å². The van der Waals surface area contributed by atoms with Crippen LogP contribution in [0.3, 0.4) is 0 Å². The summed E-state index contributed by atoms with van der Waals surface area (Å²) in [5.41, 5.74) is 1.16. The first-order valence-corrected chi connectivity index (χ1v) is 10.8. The minimum Gasteiger partial charge on any atom is -0.508 e. The van der Waals surface area contributed by atoms with E-state index in [1.54, 1.807) is 24.3 Å². The first kappa shape index (κ1) is 19.9. The maximum Gasteiger partial charge on any atom is 0.206 e. The van der Waals surface area contributed by atoms with Gasteiger partial charge in [0.1, 0.15) is 28.2 Å². The molecule has 0 unspecified atom stereocenters. The summed E-state index contributed by atoms with van der Waals surface area (Å²) in [4.78, 5) is 1.49. The number of aromatic nitrogens is 3. The number of rotatable bonds is 3. The summed E-state index contributed by atoms with van der Waals surface area (Å²) in [6.45, 7) is 5.75. The van der Waals surface area contributed by atoms with E-state index < -0.39 is 15.3 Å². The largest absolute Gasteiger partial charge is 0.508 e. The zero-order valence-electron chi connectivity index (χ0n) is 16.7. The van der Waals surface area contributed by atoms with Crippen LogP contribution in [0.15, 0.2) is 70.5 Å². The molecule has 0 aliphatic heterocycles. The Hall–Kier alpha value is -3.39. The molecule has 0 atom stereocenters. The number of hydrogen-bond donors (Lipinski definition) is 2. The topological polar surface area (TPSA) is 105 Å². The average Bonchev–Trinajstić information content (AvgIpc) is 3.12. The Morgan fingerprint density at radius 3 is 2.17 bits per heavy atom. The lowest BCUT2D eigenvalue weighted by Crippen LogP contribution is -2.13. The molecule has 1 heterocycles. The Bertz CT molecular complexity index is 1350. The molecule has 1 aromatic heterocycles. The number of hydrogen-bond acceptors (Lipinski definition) is 6. The molecule has 4 rings (SSSR count). The fourth-order valence-corrected chi connectivity index (χ4v) is 4.54. The molecule has 8 heteroatoms. The van der Waals surface area contributed by atoms with Crippen molar-refractivity contribution in [3.63, 3.8) is 0 Å². The van der Waals surface area contributed by atoms with Crippen LogP contribution < -0.4 is 0 Å². The van der Waals surface area contributed by atoms with Gasteiger partial charge in [0.25, 0.3) is 0 Å². The average molecular weight is 423 g/mol. The van der Waals surface area contributed by atoms with Gasteiger partial charge in [-0.15, -0.1) is 15.0 Å². The number of phenolic OH excluding ortho intramolecular Hbond substituents is 2. The third-order valence-electron chi connectivity index (χ3n) is 4.81. The lowest BCUT2D eigenvalue weighted by Gasteiger charge is -2.21. The van der Waals surface area contributed by atoms with Crippen LogP contribution in [0.5, 0.6) is 11.5 Å². The highest BCUT2D eigenvalue weighted by Gasteiger charge is 2.24. The maximum atomic E-state index is 12.9. The van der Waals surface area contributed by atoms with Crippen molar-refractivity contribution < 1.29 is 18.6 Å². The maximum absolute atomic E-state index is 12.9. The molecule has 0 radical (unpaired) electrons. The quantitative estimate of drug-likeness (QED) is 0.483. The standard InChI is InChI=1S/C22H21N3O4S/c1-22(2,3)17-11-14(26)12-20(21(17)27)25-23-18-10-9-16(13-19(18)24-25)30(28,29)15-7-5-4-6-8-15/h4-13,26-27H,1-3H3. The summed E-state index contributed by atoms with van der Waals surface area (Å²) < 4.78 is 25.8. The van der Waals surface area contributed by atoms with Gasteiger partial charge in [-0.3, -0.25) is 0 Å². The van der Waals surface area contributed by atoms with E-state index >= 15 is 0 Å². The molecule has 0 saturated carbocycles. The molecule has 3 aromatic carbocycles. The van der Waals surface area contributed by atoms with Crippen LogP contribution in [-0.2, 0) is 15.3 Å². The number of aromatic hydroxyl groups is 2. The molecule has 30 heavy (non-hydrogen) atoms. The minimum atomic E-state index is -3.69. The molecule has 0 fully saturated rings. The second-order valence-electron chi connectivity index (χ2n) is 8.07. The van der Waals surface area contributed by atoms with Crippen molar-refractivity contribution in [2.24, 2.45) is 0 Å². The van der Waals surface area contributed by atoms with E-state index in [1.807, 2.05) is 20.8 Å². The number of benzene rings is 3. The molecule has 0 amide bonds. The number of fused-ring (bicyclic) bond motifs is 1. The van der Waals surface area contributed by atoms with Crippen molar-refractivity contribution in [1.29, 1.82) is 0 Å². The second kappa shape index (κ2) is 6.84. The van der Waals surface area contributed by atoms with E-state index in [-0.39, 0.29) is 27.0 Å². The molecule has 0 aliphatic rings. The minimum absolute atomic E-state index is 0.0265. The summed E-state index contributed by atoms with van der Waals surface area (Å²) in [6.07, 6.45) is 0. The van der Waals surface area contributed by atoms with Crippen LogP contribution >= 0.6 is 0 Å².